The number of rotatable bonds is 4. The van der Waals surface area contributed by atoms with Crippen LogP contribution in [0.25, 0.3) is 11.7 Å². The van der Waals surface area contributed by atoms with Crippen molar-refractivity contribution >= 4 is 51.7 Å². The molecule has 0 aliphatic carbocycles. The average Bonchev–Trinajstić information content (AvgIpc) is 3.10. The summed E-state index contributed by atoms with van der Waals surface area (Å²) in [6.45, 7) is 2.50. The number of halogens is 1. The van der Waals surface area contributed by atoms with Crippen molar-refractivity contribution in [2.75, 3.05) is 31.2 Å². The quantitative estimate of drug-likeness (QED) is 0.418. The van der Waals surface area contributed by atoms with Gasteiger partial charge in [-0.1, -0.05) is 42.2 Å². The van der Waals surface area contributed by atoms with E-state index in [0.29, 0.717) is 52.6 Å². The Kier molecular flexibility index (Phi) is 5.96. The van der Waals surface area contributed by atoms with Crippen LogP contribution in [0.1, 0.15) is 11.1 Å². The minimum atomic E-state index is -0.344. The summed E-state index contributed by atoms with van der Waals surface area (Å²) in [6, 6.07) is 11.3. The molecule has 0 N–H and O–H groups in total. The summed E-state index contributed by atoms with van der Waals surface area (Å²) in [4.78, 5) is 35.1. The molecule has 168 valence electrons. The van der Waals surface area contributed by atoms with Gasteiger partial charge in [0.2, 0.25) is 0 Å². The molecule has 0 unspecified atom stereocenters. The van der Waals surface area contributed by atoms with Gasteiger partial charge in [0.1, 0.15) is 21.6 Å². The SMILES string of the molecule is O=C1/C(=C\c2c(N3CCOCC3)nc3ccccn3c2=O)SC(=S)N1Cc1ccc(F)cc1. The Morgan fingerprint density at radius 2 is 1.88 bits per heavy atom. The van der Waals surface area contributed by atoms with E-state index in [-0.39, 0.29) is 23.8 Å². The zero-order valence-corrected chi connectivity index (χ0v) is 19.1. The molecule has 2 aliphatic heterocycles. The van der Waals surface area contributed by atoms with Crippen LogP contribution in [-0.2, 0) is 16.1 Å². The van der Waals surface area contributed by atoms with Gasteiger partial charge in [-0.2, -0.15) is 0 Å². The number of hydrogen-bond acceptors (Lipinski definition) is 7. The number of pyridine rings is 1. The van der Waals surface area contributed by atoms with E-state index in [9.17, 15) is 14.0 Å². The van der Waals surface area contributed by atoms with Crippen LogP contribution in [0.4, 0.5) is 10.2 Å². The number of carbonyl (C=O) groups excluding carboxylic acids is 1. The summed E-state index contributed by atoms with van der Waals surface area (Å²) in [5, 5.41) is 0. The molecule has 2 aromatic heterocycles. The van der Waals surface area contributed by atoms with Gasteiger partial charge in [0.05, 0.1) is 30.2 Å². The van der Waals surface area contributed by atoms with Gasteiger partial charge in [0.25, 0.3) is 11.5 Å². The fourth-order valence-electron chi connectivity index (χ4n) is 3.77. The Labute approximate surface area is 198 Å². The lowest BCUT2D eigenvalue weighted by Crippen LogP contribution is -2.38. The van der Waals surface area contributed by atoms with Crippen LogP contribution in [0.3, 0.4) is 0 Å². The summed E-state index contributed by atoms with van der Waals surface area (Å²) in [7, 11) is 0. The minimum absolute atomic E-state index is 0.230. The number of aromatic nitrogens is 2. The number of fused-ring (bicyclic) bond motifs is 1. The van der Waals surface area contributed by atoms with Crippen LogP contribution in [0.2, 0.25) is 0 Å². The number of carbonyl (C=O) groups is 1. The van der Waals surface area contributed by atoms with Crippen molar-refractivity contribution < 1.29 is 13.9 Å². The van der Waals surface area contributed by atoms with Gasteiger partial charge in [0.15, 0.2) is 0 Å². The van der Waals surface area contributed by atoms with E-state index in [1.165, 1.54) is 21.4 Å². The molecule has 1 aromatic carbocycles. The third kappa shape index (κ3) is 4.29. The van der Waals surface area contributed by atoms with Crippen molar-refractivity contribution in [3.05, 3.63) is 80.9 Å². The van der Waals surface area contributed by atoms with Crippen LogP contribution in [0.15, 0.2) is 58.4 Å². The van der Waals surface area contributed by atoms with Crippen molar-refractivity contribution in [2.45, 2.75) is 6.54 Å². The molecular formula is C23H19FN4O3S2. The lowest BCUT2D eigenvalue weighted by atomic mass is 10.2. The van der Waals surface area contributed by atoms with Crippen molar-refractivity contribution in [2.24, 2.45) is 0 Å². The molecule has 1 amide bonds. The van der Waals surface area contributed by atoms with Gasteiger partial charge >= 0.3 is 0 Å². The predicted octanol–water partition coefficient (Wildman–Crippen LogP) is 3.07. The molecule has 0 atom stereocenters. The molecule has 4 heterocycles. The topological polar surface area (TPSA) is 67.2 Å². The second kappa shape index (κ2) is 9.05. The van der Waals surface area contributed by atoms with Crippen LogP contribution in [-0.4, -0.2) is 50.8 Å². The van der Waals surface area contributed by atoms with Gasteiger partial charge in [-0.05, 0) is 35.9 Å². The van der Waals surface area contributed by atoms with E-state index in [0.717, 1.165) is 17.3 Å². The van der Waals surface area contributed by atoms with E-state index in [1.54, 1.807) is 36.5 Å². The van der Waals surface area contributed by atoms with Crippen molar-refractivity contribution in [1.29, 1.82) is 0 Å². The first-order valence-electron chi connectivity index (χ1n) is 10.4. The standard InChI is InChI=1S/C23H19FN4O3S2/c24-16-6-4-15(5-7-16)14-28-22(30)18(33-23(28)32)13-17-20(26-9-11-31-12-10-26)25-19-3-1-2-8-27(19)21(17)29/h1-8,13H,9-12,14H2/b18-13+. The Morgan fingerprint density at radius 1 is 1.12 bits per heavy atom. The molecule has 3 aromatic rings. The van der Waals surface area contributed by atoms with Gasteiger partial charge in [0, 0.05) is 19.3 Å². The van der Waals surface area contributed by atoms with Crippen molar-refractivity contribution in [3.8, 4) is 0 Å². The number of ether oxygens (including phenoxy) is 1. The molecule has 2 aliphatic rings. The zero-order chi connectivity index (χ0) is 22.9. The van der Waals surface area contributed by atoms with Gasteiger partial charge in [-0.15, -0.1) is 0 Å². The fourth-order valence-corrected chi connectivity index (χ4v) is 5.01. The normalized spacial score (nSPS) is 18.0. The minimum Gasteiger partial charge on any atom is -0.378 e. The second-order valence-electron chi connectivity index (χ2n) is 7.58. The molecule has 2 fully saturated rings. The lowest BCUT2D eigenvalue weighted by molar-refractivity contribution is -0.122. The largest absolute Gasteiger partial charge is 0.378 e. The van der Waals surface area contributed by atoms with Gasteiger partial charge in [-0.3, -0.25) is 18.9 Å². The van der Waals surface area contributed by atoms with Crippen LogP contribution >= 0.6 is 24.0 Å². The van der Waals surface area contributed by atoms with E-state index >= 15 is 0 Å². The molecule has 33 heavy (non-hydrogen) atoms. The molecule has 0 spiro atoms. The molecule has 10 heteroatoms. The highest BCUT2D eigenvalue weighted by atomic mass is 32.2. The maximum atomic E-state index is 13.4. The van der Waals surface area contributed by atoms with Crippen molar-refractivity contribution in [1.82, 2.24) is 14.3 Å². The monoisotopic (exact) mass is 482 g/mol. The van der Waals surface area contributed by atoms with Crippen LogP contribution in [0, 0.1) is 5.82 Å². The van der Waals surface area contributed by atoms with Crippen molar-refractivity contribution in [3.63, 3.8) is 0 Å². The molecule has 0 saturated carbocycles. The molecule has 0 bridgehead atoms. The first-order chi connectivity index (χ1) is 16.0. The summed E-state index contributed by atoms with van der Waals surface area (Å²) in [5.41, 5.74) is 1.37. The molecular weight excluding hydrogens is 463 g/mol. The Morgan fingerprint density at radius 3 is 2.64 bits per heavy atom. The Hall–Kier alpha value is -3.08. The van der Waals surface area contributed by atoms with Crippen LogP contribution < -0.4 is 10.5 Å². The summed E-state index contributed by atoms with van der Waals surface area (Å²) >= 11 is 6.58. The number of benzene rings is 1. The maximum absolute atomic E-state index is 13.4. The highest BCUT2D eigenvalue weighted by Gasteiger charge is 2.33. The smallest absolute Gasteiger partial charge is 0.267 e. The van der Waals surface area contributed by atoms with Crippen LogP contribution in [0.5, 0.6) is 0 Å². The molecule has 7 nitrogen and oxygen atoms in total. The highest BCUT2D eigenvalue weighted by molar-refractivity contribution is 8.26. The maximum Gasteiger partial charge on any atom is 0.267 e. The van der Waals surface area contributed by atoms with E-state index in [2.05, 4.69) is 0 Å². The van der Waals surface area contributed by atoms with E-state index in [4.69, 9.17) is 21.9 Å². The van der Waals surface area contributed by atoms with E-state index < -0.39 is 0 Å². The Balaban J connectivity index is 1.54. The number of amides is 1. The van der Waals surface area contributed by atoms with E-state index in [1.807, 2.05) is 11.0 Å². The Bertz CT molecular complexity index is 1330. The number of anilines is 1. The van der Waals surface area contributed by atoms with Gasteiger partial charge in [-0.25, -0.2) is 9.37 Å². The number of morpholine rings is 1. The lowest BCUT2D eigenvalue weighted by Gasteiger charge is -2.29. The number of thiocarbonyl (C=S) groups is 1. The summed E-state index contributed by atoms with van der Waals surface area (Å²) in [6.07, 6.45) is 3.24. The molecule has 2 saturated heterocycles. The fraction of sp³-hybridized carbons (Fsp3) is 0.217. The number of nitrogens with zero attached hydrogens (tertiary/aromatic N) is 4. The predicted molar refractivity (Wildman–Crippen MR) is 130 cm³/mol. The first-order valence-corrected chi connectivity index (χ1v) is 11.6. The van der Waals surface area contributed by atoms with Gasteiger partial charge < -0.3 is 9.64 Å². The average molecular weight is 483 g/mol. The zero-order valence-electron chi connectivity index (χ0n) is 17.4. The summed E-state index contributed by atoms with van der Waals surface area (Å²) in [5.74, 6) is -0.109. The number of thioether (sulfide) groups is 1. The number of hydrogen-bond donors (Lipinski definition) is 0. The summed E-state index contributed by atoms with van der Waals surface area (Å²) < 4.78 is 20.5. The second-order valence-corrected chi connectivity index (χ2v) is 9.25. The highest BCUT2D eigenvalue weighted by Crippen LogP contribution is 2.34. The third-order valence-electron chi connectivity index (χ3n) is 5.46. The molecule has 0 radical (unpaired) electrons. The first kappa shape index (κ1) is 21.7. The third-order valence-corrected chi connectivity index (χ3v) is 6.84. The molecule has 5 rings (SSSR count).